The van der Waals surface area contributed by atoms with Gasteiger partial charge in [-0.25, -0.2) is 0 Å². The van der Waals surface area contributed by atoms with Crippen molar-refractivity contribution in [1.29, 1.82) is 0 Å². The van der Waals surface area contributed by atoms with Gasteiger partial charge in [0.15, 0.2) is 23.1 Å². The second-order valence-corrected chi connectivity index (χ2v) is 14.0. The van der Waals surface area contributed by atoms with E-state index in [2.05, 4.69) is 71.6 Å². The Kier molecular flexibility index (Phi) is 7.65. The average molecular weight is 576 g/mol. The molecule has 0 fully saturated rings. The van der Waals surface area contributed by atoms with Gasteiger partial charge >= 0.3 is 0 Å². The number of halogens is 1. The number of nitrogens with zero attached hydrogens (tertiary/aromatic N) is 1. The second kappa shape index (κ2) is 10.7. The Balaban J connectivity index is 1.64. The number of ketones is 2. The van der Waals surface area contributed by atoms with E-state index in [-0.39, 0.29) is 22.4 Å². The largest absolute Gasteiger partial charge is 0.493 e. The number of allylic oxidation sites excluding steroid dienone is 4. The lowest BCUT2D eigenvalue weighted by molar-refractivity contribution is -0.119. The van der Waals surface area contributed by atoms with E-state index in [0.29, 0.717) is 42.5 Å². The van der Waals surface area contributed by atoms with E-state index in [1.54, 1.807) is 7.11 Å². The minimum Gasteiger partial charge on any atom is -0.493 e. The summed E-state index contributed by atoms with van der Waals surface area (Å²) in [6, 6.07) is 10.1. The van der Waals surface area contributed by atoms with Crippen LogP contribution in [0.15, 0.2) is 52.9 Å². The maximum absolute atomic E-state index is 13.9. The van der Waals surface area contributed by atoms with Crippen LogP contribution >= 0.6 is 11.6 Å². The molecule has 1 aliphatic heterocycles. The van der Waals surface area contributed by atoms with Gasteiger partial charge in [-0.3, -0.25) is 9.59 Å². The Hall–Kier alpha value is -3.05. The van der Waals surface area contributed by atoms with E-state index in [1.807, 2.05) is 12.1 Å². The molecule has 0 saturated carbocycles. The lowest BCUT2D eigenvalue weighted by Gasteiger charge is -2.49. The summed E-state index contributed by atoms with van der Waals surface area (Å²) in [7, 11) is 1.59. The molecule has 0 saturated heterocycles. The minimum atomic E-state index is -0.477. The van der Waals surface area contributed by atoms with Crippen molar-refractivity contribution in [3.8, 4) is 11.5 Å². The summed E-state index contributed by atoms with van der Waals surface area (Å²) in [4.78, 5) is 30.1. The van der Waals surface area contributed by atoms with Crippen molar-refractivity contribution in [2.75, 3.05) is 13.7 Å². The van der Waals surface area contributed by atoms with Crippen molar-refractivity contribution >= 4 is 23.2 Å². The Morgan fingerprint density at radius 3 is 1.88 bits per heavy atom. The summed E-state index contributed by atoms with van der Waals surface area (Å²) >= 11 is 6.91. The smallest absolute Gasteiger partial charge is 0.180 e. The summed E-state index contributed by atoms with van der Waals surface area (Å²) in [5, 5.41) is 0.401. The average Bonchev–Trinajstić information content (AvgIpc) is 2.84. The zero-order chi connectivity index (χ0) is 29.9. The topological polar surface area (TPSA) is 55.8 Å². The van der Waals surface area contributed by atoms with Crippen LogP contribution in [0.3, 0.4) is 0 Å². The van der Waals surface area contributed by atoms with E-state index in [0.717, 1.165) is 46.5 Å². The number of rotatable bonds is 6. The van der Waals surface area contributed by atoms with Gasteiger partial charge in [0.25, 0.3) is 0 Å². The Morgan fingerprint density at radius 2 is 1.39 bits per heavy atom. The SMILES string of the molecule is CCN1C2=C(C(=O)CC(C)(C)C2)C(c2cc(Cl)c(OCc3cc(C)cc(C)c3)c(OC)c2)C2=C1CC(C)(C)CC2=O. The van der Waals surface area contributed by atoms with E-state index in [9.17, 15) is 9.59 Å². The molecule has 0 radical (unpaired) electrons. The molecule has 2 aromatic rings. The Morgan fingerprint density at radius 1 is 0.854 bits per heavy atom. The van der Waals surface area contributed by atoms with Crippen LogP contribution in [0.5, 0.6) is 11.5 Å². The van der Waals surface area contributed by atoms with Gasteiger partial charge in [-0.05, 0) is 67.7 Å². The molecule has 218 valence electrons. The summed E-state index contributed by atoms with van der Waals surface area (Å²) < 4.78 is 12.0. The van der Waals surface area contributed by atoms with Crippen molar-refractivity contribution in [1.82, 2.24) is 4.90 Å². The molecular weight excluding hydrogens is 534 g/mol. The van der Waals surface area contributed by atoms with Crippen LogP contribution in [0.1, 0.15) is 88.5 Å². The number of benzene rings is 2. The number of carbonyl (C=O) groups excluding carboxylic acids is 2. The molecule has 1 heterocycles. The number of ether oxygens (including phenoxy) is 2. The third-order valence-electron chi connectivity index (χ3n) is 8.59. The third kappa shape index (κ3) is 5.58. The van der Waals surface area contributed by atoms with Crippen molar-refractivity contribution in [2.24, 2.45) is 10.8 Å². The molecule has 5 rings (SSSR count). The fraction of sp³-hybridized carbons (Fsp3) is 0.486. The van der Waals surface area contributed by atoms with E-state index < -0.39 is 5.92 Å². The van der Waals surface area contributed by atoms with Gasteiger partial charge < -0.3 is 14.4 Å². The molecule has 6 heteroatoms. The maximum atomic E-state index is 13.9. The van der Waals surface area contributed by atoms with Crippen molar-refractivity contribution < 1.29 is 19.1 Å². The van der Waals surface area contributed by atoms with Gasteiger partial charge in [-0.2, -0.15) is 0 Å². The molecule has 2 aliphatic carbocycles. The van der Waals surface area contributed by atoms with Crippen LogP contribution in [-0.2, 0) is 16.2 Å². The quantitative estimate of drug-likeness (QED) is 0.347. The van der Waals surface area contributed by atoms with Crippen LogP contribution in [-0.4, -0.2) is 30.1 Å². The van der Waals surface area contributed by atoms with Crippen LogP contribution in [0.2, 0.25) is 5.02 Å². The predicted molar refractivity (Wildman–Crippen MR) is 163 cm³/mol. The lowest BCUT2D eigenvalue weighted by Crippen LogP contribution is -2.44. The van der Waals surface area contributed by atoms with E-state index >= 15 is 0 Å². The summed E-state index contributed by atoms with van der Waals surface area (Å²) in [5.41, 5.74) is 7.45. The Labute approximate surface area is 249 Å². The van der Waals surface area contributed by atoms with Gasteiger partial charge in [0.1, 0.15) is 6.61 Å². The first-order valence-corrected chi connectivity index (χ1v) is 15.0. The monoisotopic (exact) mass is 575 g/mol. The summed E-state index contributed by atoms with van der Waals surface area (Å²) in [5.74, 6) is 0.683. The zero-order valence-electron chi connectivity index (χ0n) is 25.7. The predicted octanol–water partition coefficient (Wildman–Crippen LogP) is 8.25. The summed E-state index contributed by atoms with van der Waals surface area (Å²) in [6.07, 6.45) is 2.46. The molecule has 0 unspecified atom stereocenters. The van der Waals surface area contributed by atoms with Gasteiger partial charge in [0.2, 0.25) is 0 Å². The number of hydrogen-bond acceptors (Lipinski definition) is 5. The molecule has 0 amide bonds. The first kappa shape index (κ1) is 29.4. The highest BCUT2D eigenvalue weighted by Gasteiger charge is 2.48. The zero-order valence-corrected chi connectivity index (χ0v) is 26.4. The van der Waals surface area contributed by atoms with Crippen molar-refractivity contribution in [3.63, 3.8) is 0 Å². The molecule has 41 heavy (non-hydrogen) atoms. The van der Waals surface area contributed by atoms with Crippen molar-refractivity contribution in [2.45, 2.75) is 86.7 Å². The van der Waals surface area contributed by atoms with E-state index in [4.69, 9.17) is 21.1 Å². The lowest BCUT2D eigenvalue weighted by atomic mass is 9.63. The van der Waals surface area contributed by atoms with Crippen LogP contribution < -0.4 is 9.47 Å². The highest BCUT2D eigenvalue weighted by molar-refractivity contribution is 6.32. The highest BCUT2D eigenvalue weighted by Crippen LogP contribution is 2.55. The molecule has 0 atom stereocenters. The molecule has 3 aliphatic rings. The van der Waals surface area contributed by atoms with Crippen LogP contribution in [0.4, 0.5) is 0 Å². The van der Waals surface area contributed by atoms with Gasteiger partial charge in [-0.1, -0.05) is 68.6 Å². The molecule has 0 N–H and O–H groups in total. The Bertz CT molecular complexity index is 1420. The molecule has 5 nitrogen and oxygen atoms in total. The first-order chi connectivity index (χ1) is 19.2. The normalized spacial score (nSPS) is 20.3. The van der Waals surface area contributed by atoms with Crippen LogP contribution in [0, 0.1) is 24.7 Å². The maximum Gasteiger partial charge on any atom is 0.180 e. The minimum absolute atomic E-state index is 0.106. The molecule has 0 bridgehead atoms. The molecule has 2 aromatic carbocycles. The number of carbonyl (C=O) groups is 2. The molecule has 0 spiro atoms. The third-order valence-corrected chi connectivity index (χ3v) is 8.87. The van der Waals surface area contributed by atoms with Gasteiger partial charge in [0, 0.05) is 47.8 Å². The molecule has 0 aromatic heterocycles. The summed E-state index contributed by atoms with van der Waals surface area (Å²) in [6.45, 7) is 15.9. The number of aryl methyl sites for hydroxylation is 2. The number of methoxy groups -OCH3 is 1. The van der Waals surface area contributed by atoms with Gasteiger partial charge in [0.05, 0.1) is 12.1 Å². The fourth-order valence-corrected chi connectivity index (χ4v) is 7.39. The molecular formula is C35H42ClNO4. The van der Waals surface area contributed by atoms with Crippen LogP contribution in [0.25, 0.3) is 0 Å². The standard InChI is InChI=1S/C35H42ClNO4/c1-9-37-25-15-34(4,5)17-27(38)31(25)30(32-26(37)16-35(6,7)18-28(32)39)23-13-24(36)33(29(14-23)40-8)41-19-22-11-20(2)10-21(3)12-22/h10-14,30H,9,15-19H2,1-8H3. The van der Waals surface area contributed by atoms with Crippen molar-refractivity contribution in [3.05, 3.63) is 80.1 Å². The highest BCUT2D eigenvalue weighted by atomic mass is 35.5. The van der Waals surface area contributed by atoms with Gasteiger partial charge in [-0.15, -0.1) is 0 Å². The first-order valence-electron chi connectivity index (χ1n) is 14.6. The second-order valence-electron chi connectivity index (χ2n) is 13.6. The van der Waals surface area contributed by atoms with E-state index in [1.165, 1.54) is 11.1 Å². The number of Topliss-reactive ketones (excluding diaryl/α,β-unsaturated/α-hetero) is 2. The number of hydrogen-bond donors (Lipinski definition) is 0. The fourth-order valence-electron chi connectivity index (χ4n) is 7.12.